The van der Waals surface area contributed by atoms with Crippen LogP contribution in [0, 0.1) is 0 Å². The number of benzene rings is 1. The summed E-state index contributed by atoms with van der Waals surface area (Å²) in [5.41, 5.74) is 2.40. The molecule has 1 unspecified atom stereocenters. The van der Waals surface area contributed by atoms with E-state index in [1.54, 1.807) is 12.7 Å². The Labute approximate surface area is 136 Å². The number of nitrogens with zero attached hydrogens (tertiary/aromatic N) is 3. The number of rotatable bonds is 8. The maximum absolute atomic E-state index is 5.86. The Hall–Kier alpha value is -2.08. The van der Waals surface area contributed by atoms with Crippen molar-refractivity contribution in [1.82, 2.24) is 20.1 Å². The standard InChI is InChI=1S/C17H24N4O2/c1-3-22-16-8-14-7-13(2)23-17(14)9-15(16)10-18-5-4-6-21-12-19-11-20-21/h8-9,11-13,18H,3-7,10H2,1-2H3. The smallest absolute Gasteiger partial charge is 0.137 e. The molecule has 124 valence electrons. The van der Waals surface area contributed by atoms with Gasteiger partial charge in [-0.1, -0.05) is 0 Å². The normalized spacial score (nSPS) is 16.2. The first-order chi connectivity index (χ1) is 11.3. The molecule has 6 heteroatoms. The molecule has 6 nitrogen and oxygen atoms in total. The van der Waals surface area contributed by atoms with E-state index in [0.717, 1.165) is 49.5 Å². The van der Waals surface area contributed by atoms with Gasteiger partial charge in [-0.3, -0.25) is 4.68 Å². The molecule has 2 aromatic rings. The summed E-state index contributed by atoms with van der Waals surface area (Å²) in [6.45, 7) is 7.35. The summed E-state index contributed by atoms with van der Waals surface area (Å²) in [4.78, 5) is 3.94. The number of fused-ring (bicyclic) bond motifs is 1. The first kappa shape index (κ1) is 15.8. The van der Waals surface area contributed by atoms with Gasteiger partial charge in [-0.05, 0) is 38.9 Å². The number of nitrogens with one attached hydrogen (secondary N) is 1. The van der Waals surface area contributed by atoms with Crippen molar-refractivity contribution in [2.45, 2.75) is 45.9 Å². The van der Waals surface area contributed by atoms with Crippen LogP contribution in [0.5, 0.6) is 11.5 Å². The van der Waals surface area contributed by atoms with E-state index >= 15 is 0 Å². The van der Waals surface area contributed by atoms with Crippen LogP contribution < -0.4 is 14.8 Å². The number of aryl methyl sites for hydroxylation is 1. The largest absolute Gasteiger partial charge is 0.494 e. The predicted octanol–water partition coefficient (Wildman–Crippen LogP) is 2.18. The summed E-state index contributed by atoms with van der Waals surface area (Å²) >= 11 is 0. The van der Waals surface area contributed by atoms with Gasteiger partial charge in [0.05, 0.1) is 6.61 Å². The van der Waals surface area contributed by atoms with E-state index in [-0.39, 0.29) is 6.10 Å². The summed E-state index contributed by atoms with van der Waals surface area (Å²) in [6.07, 6.45) is 5.53. The molecule has 0 amide bonds. The second-order valence-electron chi connectivity index (χ2n) is 5.82. The molecule has 1 aliphatic heterocycles. The zero-order chi connectivity index (χ0) is 16.1. The first-order valence-electron chi connectivity index (χ1n) is 8.24. The van der Waals surface area contributed by atoms with E-state index < -0.39 is 0 Å². The van der Waals surface area contributed by atoms with Gasteiger partial charge in [-0.15, -0.1) is 0 Å². The van der Waals surface area contributed by atoms with Gasteiger partial charge in [0.25, 0.3) is 0 Å². The minimum absolute atomic E-state index is 0.255. The average Bonchev–Trinajstić information content (AvgIpc) is 3.15. The molecular weight excluding hydrogens is 292 g/mol. The van der Waals surface area contributed by atoms with Crippen molar-refractivity contribution >= 4 is 0 Å². The minimum Gasteiger partial charge on any atom is -0.494 e. The van der Waals surface area contributed by atoms with Crippen molar-refractivity contribution in [3.05, 3.63) is 35.9 Å². The monoisotopic (exact) mass is 316 g/mol. The molecule has 1 aromatic heterocycles. The van der Waals surface area contributed by atoms with Crippen LogP contribution in [-0.4, -0.2) is 34.0 Å². The number of hydrogen-bond donors (Lipinski definition) is 1. The van der Waals surface area contributed by atoms with E-state index in [4.69, 9.17) is 9.47 Å². The Kier molecular flexibility index (Phi) is 5.12. The molecule has 0 saturated carbocycles. The summed E-state index contributed by atoms with van der Waals surface area (Å²) in [5.74, 6) is 1.97. The van der Waals surface area contributed by atoms with Crippen molar-refractivity contribution in [3.63, 3.8) is 0 Å². The maximum Gasteiger partial charge on any atom is 0.137 e. The zero-order valence-corrected chi connectivity index (χ0v) is 13.8. The SMILES string of the molecule is CCOc1cc2c(cc1CNCCCn1cncn1)OC(C)C2. The van der Waals surface area contributed by atoms with Gasteiger partial charge >= 0.3 is 0 Å². The van der Waals surface area contributed by atoms with Crippen LogP contribution in [-0.2, 0) is 19.5 Å². The lowest BCUT2D eigenvalue weighted by Gasteiger charge is -2.13. The van der Waals surface area contributed by atoms with Gasteiger partial charge in [0, 0.05) is 30.6 Å². The lowest BCUT2D eigenvalue weighted by atomic mass is 10.1. The fourth-order valence-electron chi connectivity index (χ4n) is 2.85. The van der Waals surface area contributed by atoms with Crippen LogP contribution in [0.4, 0.5) is 0 Å². The lowest BCUT2D eigenvalue weighted by Crippen LogP contribution is -2.17. The van der Waals surface area contributed by atoms with E-state index in [0.29, 0.717) is 6.61 Å². The zero-order valence-electron chi connectivity index (χ0n) is 13.8. The van der Waals surface area contributed by atoms with Gasteiger partial charge in [0.2, 0.25) is 0 Å². The summed E-state index contributed by atoms with van der Waals surface area (Å²) in [6, 6.07) is 4.25. The minimum atomic E-state index is 0.255. The van der Waals surface area contributed by atoms with Crippen LogP contribution in [0.3, 0.4) is 0 Å². The van der Waals surface area contributed by atoms with Crippen molar-refractivity contribution in [2.75, 3.05) is 13.2 Å². The molecule has 1 aliphatic rings. The molecular formula is C17H24N4O2. The predicted molar refractivity (Wildman–Crippen MR) is 87.8 cm³/mol. The van der Waals surface area contributed by atoms with Crippen molar-refractivity contribution in [3.8, 4) is 11.5 Å². The third-order valence-corrected chi connectivity index (χ3v) is 3.90. The van der Waals surface area contributed by atoms with Crippen LogP contribution in [0.25, 0.3) is 0 Å². The Morgan fingerprint density at radius 2 is 2.35 bits per heavy atom. The first-order valence-corrected chi connectivity index (χ1v) is 8.24. The van der Waals surface area contributed by atoms with Crippen molar-refractivity contribution < 1.29 is 9.47 Å². The quantitative estimate of drug-likeness (QED) is 0.756. The third-order valence-electron chi connectivity index (χ3n) is 3.90. The van der Waals surface area contributed by atoms with Crippen LogP contribution in [0.1, 0.15) is 31.4 Å². The molecule has 1 N–H and O–H groups in total. The van der Waals surface area contributed by atoms with E-state index in [1.807, 2.05) is 11.6 Å². The summed E-state index contributed by atoms with van der Waals surface area (Å²) < 4.78 is 13.5. The molecule has 2 heterocycles. The van der Waals surface area contributed by atoms with Crippen LogP contribution in [0.2, 0.25) is 0 Å². The molecule has 1 atom stereocenters. The van der Waals surface area contributed by atoms with E-state index in [1.165, 1.54) is 5.56 Å². The highest BCUT2D eigenvalue weighted by Gasteiger charge is 2.21. The molecule has 0 spiro atoms. The topological polar surface area (TPSA) is 61.2 Å². The van der Waals surface area contributed by atoms with E-state index in [2.05, 4.69) is 34.5 Å². The highest BCUT2D eigenvalue weighted by Crippen LogP contribution is 2.35. The molecule has 23 heavy (non-hydrogen) atoms. The van der Waals surface area contributed by atoms with E-state index in [9.17, 15) is 0 Å². The number of aromatic nitrogens is 3. The lowest BCUT2D eigenvalue weighted by molar-refractivity contribution is 0.254. The van der Waals surface area contributed by atoms with Gasteiger partial charge in [-0.2, -0.15) is 5.10 Å². The van der Waals surface area contributed by atoms with Gasteiger partial charge in [0.15, 0.2) is 0 Å². The molecule has 0 bridgehead atoms. The van der Waals surface area contributed by atoms with Gasteiger partial charge < -0.3 is 14.8 Å². The summed E-state index contributed by atoms with van der Waals surface area (Å²) in [5, 5.41) is 7.57. The Morgan fingerprint density at radius 1 is 1.43 bits per heavy atom. The third kappa shape index (κ3) is 4.01. The fourth-order valence-corrected chi connectivity index (χ4v) is 2.85. The molecule has 1 aromatic carbocycles. The number of ether oxygens (including phenoxy) is 2. The maximum atomic E-state index is 5.86. The molecule has 0 fully saturated rings. The highest BCUT2D eigenvalue weighted by atomic mass is 16.5. The second-order valence-corrected chi connectivity index (χ2v) is 5.82. The van der Waals surface area contributed by atoms with Gasteiger partial charge in [-0.25, -0.2) is 4.98 Å². The Balaban J connectivity index is 1.55. The van der Waals surface area contributed by atoms with Gasteiger partial charge in [0.1, 0.15) is 30.3 Å². The van der Waals surface area contributed by atoms with Crippen LogP contribution in [0.15, 0.2) is 24.8 Å². The highest BCUT2D eigenvalue weighted by molar-refractivity contribution is 5.48. The Morgan fingerprint density at radius 3 is 3.13 bits per heavy atom. The average molecular weight is 316 g/mol. The molecule has 3 rings (SSSR count). The van der Waals surface area contributed by atoms with Crippen molar-refractivity contribution in [1.29, 1.82) is 0 Å². The molecule has 0 aliphatic carbocycles. The Bertz CT molecular complexity index is 628. The fraction of sp³-hybridized carbons (Fsp3) is 0.529. The van der Waals surface area contributed by atoms with Crippen LogP contribution >= 0.6 is 0 Å². The second kappa shape index (κ2) is 7.46. The number of hydrogen-bond acceptors (Lipinski definition) is 5. The van der Waals surface area contributed by atoms with Crippen molar-refractivity contribution in [2.24, 2.45) is 0 Å². The summed E-state index contributed by atoms with van der Waals surface area (Å²) in [7, 11) is 0. The molecule has 0 saturated heterocycles. The molecule has 0 radical (unpaired) electrons.